The summed E-state index contributed by atoms with van der Waals surface area (Å²) in [6, 6.07) is 8.13. The predicted octanol–water partition coefficient (Wildman–Crippen LogP) is 2.84. The number of nitrogens with zero attached hydrogens (tertiary/aromatic N) is 1. The average Bonchev–Trinajstić information content (AvgIpc) is 2.24. The molecule has 3 nitrogen and oxygen atoms in total. The monoisotopic (exact) mass is 236 g/mol. The molecule has 3 heteroatoms. The van der Waals surface area contributed by atoms with Gasteiger partial charge in [-0.3, -0.25) is 0 Å². The average molecular weight is 236 g/mol. The Kier molecular flexibility index (Phi) is 5.84. The van der Waals surface area contributed by atoms with E-state index in [1.165, 1.54) is 0 Å². The largest absolute Gasteiger partial charge is 0.491 e. The fraction of sp³-hybridized carbons (Fsp3) is 0.571. The van der Waals surface area contributed by atoms with E-state index in [2.05, 4.69) is 36.4 Å². The number of nitrogens with one attached hydrogen (secondary N) is 1. The van der Waals surface area contributed by atoms with Crippen LogP contribution in [0.15, 0.2) is 24.3 Å². The van der Waals surface area contributed by atoms with Crippen molar-refractivity contribution in [1.29, 1.82) is 0 Å². The van der Waals surface area contributed by atoms with Crippen molar-refractivity contribution in [1.82, 2.24) is 4.90 Å². The Balaban J connectivity index is 2.37. The zero-order valence-corrected chi connectivity index (χ0v) is 11.4. The summed E-state index contributed by atoms with van der Waals surface area (Å²) in [7, 11) is 4.19. The number of ether oxygens (including phenoxy) is 1. The van der Waals surface area contributed by atoms with E-state index in [9.17, 15) is 0 Å². The molecule has 1 aromatic carbocycles. The van der Waals surface area contributed by atoms with Crippen LogP contribution in [0.5, 0.6) is 5.75 Å². The molecule has 0 saturated heterocycles. The molecule has 0 atom stereocenters. The Morgan fingerprint density at radius 2 is 2.06 bits per heavy atom. The fourth-order valence-electron chi connectivity index (χ4n) is 1.58. The zero-order chi connectivity index (χ0) is 12.7. The molecule has 1 aromatic rings. The maximum Gasteiger partial charge on any atom is 0.121 e. The second-order valence-electron chi connectivity index (χ2n) is 4.78. The Labute approximate surface area is 105 Å². The predicted molar refractivity (Wildman–Crippen MR) is 73.9 cm³/mol. The topological polar surface area (TPSA) is 24.5 Å². The van der Waals surface area contributed by atoms with Crippen LogP contribution in [0.2, 0.25) is 0 Å². The quantitative estimate of drug-likeness (QED) is 0.737. The lowest BCUT2D eigenvalue weighted by molar-refractivity contribution is 0.242. The van der Waals surface area contributed by atoms with Crippen LogP contribution >= 0.6 is 0 Å². The molecule has 96 valence electrons. The van der Waals surface area contributed by atoms with E-state index in [-0.39, 0.29) is 6.10 Å². The summed E-state index contributed by atoms with van der Waals surface area (Å²) < 4.78 is 5.65. The maximum absolute atomic E-state index is 5.65. The van der Waals surface area contributed by atoms with Crippen molar-refractivity contribution in [3.8, 4) is 5.75 Å². The highest BCUT2D eigenvalue weighted by Gasteiger charge is 1.99. The summed E-state index contributed by atoms with van der Waals surface area (Å²) in [5.74, 6) is 0.928. The zero-order valence-electron chi connectivity index (χ0n) is 11.4. The third kappa shape index (κ3) is 6.17. The van der Waals surface area contributed by atoms with Gasteiger partial charge in [-0.1, -0.05) is 6.07 Å². The molecule has 0 aliphatic heterocycles. The second kappa shape index (κ2) is 7.17. The van der Waals surface area contributed by atoms with Crippen LogP contribution in [0.4, 0.5) is 5.69 Å². The fourth-order valence-corrected chi connectivity index (χ4v) is 1.58. The Morgan fingerprint density at radius 1 is 1.29 bits per heavy atom. The van der Waals surface area contributed by atoms with Gasteiger partial charge in [0.2, 0.25) is 0 Å². The standard InChI is InChI=1S/C14H24N2O/c1-12(2)17-14-8-5-7-13(11-14)15-9-6-10-16(3)4/h5,7-8,11-12,15H,6,9-10H2,1-4H3. The Morgan fingerprint density at radius 3 is 2.71 bits per heavy atom. The molecule has 0 fully saturated rings. The van der Waals surface area contributed by atoms with E-state index >= 15 is 0 Å². The van der Waals surface area contributed by atoms with Gasteiger partial charge >= 0.3 is 0 Å². The van der Waals surface area contributed by atoms with Crippen LogP contribution in [0.1, 0.15) is 20.3 Å². The second-order valence-corrected chi connectivity index (χ2v) is 4.78. The first-order valence-electron chi connectivity index (χ1n) is 6.23. The number of hydrogen-bond donors (Lipinski definition) is 1. The molecule has 17 heavy (non-hydrogen) atoms. The van der Waals surface area contributed by atoms with E-state index < -0.39 is 0 Å². The highest BCUT2D eigenvalue weighted by molar-refractivity contribution is 5.48. The summed E-state index contributed by atoms with van der Waals surface area (Å²) in [4.78, 5) is 2.19. The van der Waals surface area contributed by atoms with Crippen LogP contribution < -0.4 is 10.1 Å². The molecule has 0 aliphatic rings. The smallest absolute Gasteiger partial charge is 0.121 e. The number of rotatable bonds is 7. The number of benzene rings is 1. The summed E-state index contributed by atoms with van der Waals surface area (Å²) in [5, 5.41) is 3.41. The minimum absolute atomic E-state index is 0.221. The third-order valence-corrected chi connectivity index (χ3v) is 2.32. The van der Waals surface area contributed by atoms with E-state index in [0.29, 0.717) is 0 Å². The normalized spacial score (nSPS) is 10.9. The highest BCUT2D eigenvalue weighted by Crippen LogP contribution is 2.18. The van der Waals surface area contributed by atoms with Crippen molar-refractivity contribution < 1.29 is 4.74 Å². The minimum Gasteiger partial charge on any atom is -0.491 e. The van der Waals surface area contributed by atoms with E-state index in [1.807, 2.05) is 26.0 Å². The van der Waals surface area contributed by atoms with Crippen LogP contribution in [0.3, 0.4) is 0 Å². The van der Waals surface area contributed by atoms with Gasteiger partial charge in [0.1, 0.15) is 5.75 Å². The molecule has 0 amide bonds. The number of hydrogen-bond acceptors (Lipinski definition) is 3. The lowest BCUT2D eigenvalue weighted by atomic mass is 10.3. The van der Waals surface area contributed by atoms with Gasteiger partial charge in [-0.25, -0.2) is 0 Å². The molecule has 0 spiro atoms. The van der Waals surface area contributed by atoms with Crippen molar-refractivity contribution in [2.45, 2.75) is 26.4 Å². The van der Waals surface area contributed by atoms with E-state index in [1.54, 1.807) is 0 Å². The molecular formula is C14H24N2O. The van der Waals surface area contributed by atoms with Gasteiger partial charge in [-0.15, -0.1) is 0 Å². The maximum atomic E-state index is 5.65. The van der Waals surface area contributed by atoms with Crippen molar-refractivity contribution in [2.24, 2.45) is 0 Å². The molecular weight excluding hydrogens is 212 g/mol. The van der Waals surface area contributed by atoms with E-state index in [4.69, 9.17) is 4.74 Å². The highest BCUT2D eigenvalue weighted by atomic mass is 16.5. The first kappa shape index (κ1) is 13.8. The van der Waals surface area contributed by atoms with Crippen molar-refractivity contribution in [2.75, 3.05) is 32.5 Å². The van der Waals surface area contributed by atoms with Crippen molar-refractivity contribution in [3.63, 3.8) is 0 Å². The van der Waals surface area contributed by atoms with Crippen LogP contribution in [0, 0.1) is 0 Å². The van der Waals surface area contributed by atoms with Crippen molar-refractivity contribution >= 4 is 5.69 Å². The van der Waals surface area contributed by atoms with Crippen LogP contribution in [-0.2, 0) is 0 Å². The third-order valence-electron chi connectivity index (χ3n) is 2.32. The Bertz CT molecular complexity index is 324. The molecule has 1 rings (SSSR count). The molecule has 0 radical (unpaired) electrons. The first-order valence-corrected chi connectivity index (χ1v) is 6.23. The summed E-state index contributed by atoms with van der Waals surface area (Å²) in [6.45, 7) is 6.17. The van der Waals surface area contributed by atoms with Gasteiger partial charge < -0.3 is 15.0 Å². The van der Waals surface area contributed by atoms with Crippen LogP contribution in [-0.4, -0.2) is 38.2 Å². The minimum atomic E-state index is 0.221. The number of anilines is 1. The van der Waals surface area contributed by atoms with Crippen molar-refractivity contribution in [3.05, 3.63) is 24.3 Å². The van der Waals surface area contributed by atoms with Gasteiger partial charge in [-0.05, 0) is 53.0 Å². The van der Waals surface area contributed by atoms with Gasteiger partial charge in [-0.2, -0.15) is 0 Å². The molecule has 0 bridgehead atoms. The lowest BCUT2D eigenvalue weighted by Gasteiger charge is -2.13. The van der Waals surface area contributed by atoms with Gasteiger partial charge in [0.25, 0.3) is 0 Å². The van der Waals surface area contributed by atoms with Crippen LogP contribution in [0.25, 0.3) is 0 Å². The molecule has 1 N–H and O–H groups in total. The lowest BCUT2D eigenvalue weighted by Crippen LogP contribution is -2.16. The van der Waals surface area contributed by atoms with Gasteiger partial charge in [0.15, 0.2) is 0 Å². The molecule has 0 saturated carbocycles. The molecule has 0 unspecified atom stereocenters. The van der Waals surface area contributed by atoms with Gasteiger partial charge in [0, 0.05) is 18.3 Å². The van der Waals surface area contributed by atoms with Gasteiger partial charge in [0.05, 0.1) is 6.10 Å². The van der Waals surface area contributed by atoms with E-state index in [0.717, 1.165) is 30.9 Å². The first-order chi connectivity index (χ1) is 8.08. The SMILES string of the molecule is CC(C)Oc1cccc(NCCCN(C)C)c1. The summed E-state index contributed by atoms with van der Waals surface area (Å²) >= 11 is 0. The summed E-state index contributed by atoms with van der Waals surface area (Å²) in [5.41, 5.74) is 1.13. The molecule has 0 heterocycles. The Hall–Kier alpha value is -1.22. The molecule has 0 aromatic heterocycles. The molecule has 0 aliphatic carbocycles. The summed E-state index contributed by atoms with van der Waals surface area (Å²) in [6.07, 6.45) is 1.36.